The molecule has 2 aromatic heterocycles. The summed E-state index contributed by atoms with van der Waals surface area (Å²) in [4.78, 5) is 0.0719. The van der Waals surface area contributed by atoms with Crippen LogP contribution in [0.25, 0.3) is 27.9 Å². The highest BCUT2D eigenvalue weighted by atomic mass is 32.2. The first-order valence-corrected chi connectivity index (χ1v) is 9.69. The third-order valence-electron chi connectivity index (χ3n) is 4.34. The lowest BCUT2D eigenvalue weighted by Gasteiger charge is -2.06. The zero-order chi connectivity index (χ0) is 19.0. The molecule has 0 aliphatic carbocycles. The molecule has 4 rings (SSSR count). The quantitative estimate of drug-likeness (QED) is 0.560. The molecule has 2 N–H and O–H groups in total. The van der Waals surface area contributed by atoms with Crippen molar-refractivity contribution in [2.75, 3.05) is 0 Å². The number of hydrogen-bond donors (Lipinski definition) is 1. The highest BCUT2D eigenvalue weighted by molar-refractivity contribution is 7.89. The van der Waals surface area contributed by atoms with Crippen molar-refractivity contribution >= 4 is 15.5 Å². The molecule has 0 fully saturated rings. The van der Waals surface area contributed by atoms with Crippen molar-refractivity contribution in [3.05, 3.63) is 78.5 Å². The second kappa shape index (κ2) is 6.40. The molecule has 27 heavy (non-hydrogen) atoms. The highest BCUT2D eigenvalue weighted by Crippen LogP contribution is 2.35. The standard InChI is InChI=1S/C21H15N3O2S/c1-2-15-6-8-17(9-7-15)21-20(19-5-3-4-14-24(19)23-21)16-10-12-18(13-11-16)27(22,25)26/h1,3-14H,(H2,22,25,26). The normalized spacial score (nSPS) is 11.4. The average Bonchev–Trinajstić information content (AvgIpc) is 3.07. The number of nitrogens with zero attached hydrogens (tertiary/aromatic N) is 2. The summed E-state index contributed by atoms with van der Waals surface area (Å²) in [5.74, 6) is 2.60. The first-order valence-electron chi connectivity index (χ1n) is 8.15. The fourth-order valence-corrected chi connectivity index (χ4v) is 3.54. The number of hydrogen-bond acceptors (Lipinski definition) is 3. The van der Waals surface area contributed by atoms with Crippen LogP contribution in [0, 0.1) is 12.3 Å². The molecule has 0 spiro atoms. The van der Waals surface area contributed by atoms with E-state index in [1.807, 2.05) is 48.7 Å². The molecule has 4 aromatic rings. The molecule has 132 valence electrons. The Bertz CT molecular complexity index is 1280. The zero-order valence-corrected chi connectivity index (χ0v) is 15.0. The van der Waals surface area contributed by atoms with Crippen molar-refractivity contribution in [2.45, 2.75) is 4.90 Å². The number of primary sulfonamides is 1. The van der Waals surface area contributed by atoms with Crippen LogP contribution in [-0.4, -0.2) is 18.0 Å². The number of fused-ring (bicyclic) bond motifs is 1. The molecule has 0 aliphatic rings. The fraction of sp³-hybridized carbons (Fsp3) is 0. The monoisotopic (exact) mass is 373 g/mol. The van der Waals surface area contributed by atoms with E-state index in [1.54, 1.807) is 16.6 Å². The van der Waals surface area contributed by atoms with Crippen LogP contribution in [0.4, 0.5) is 0 Å². The van der Waals surface area contributed by atoms with Gasteiger partial charge >= 0.3 is 0 Å². The van der Waals surface area contributed by atoms with Gasteiger partial charge in [-0.3, -0.25) is 0 Å². The van der Waals surface area contributed by atoms with Gasteiger partial charge in [0.05, 0.1) is 10.4 Å². The molecule has 0 atom stereocenters. The zero-order valence-electron chi connectivity index (χ0n) is 14.2. The van der Waals surface area contributed by atoms with Crippen LogP contribution in [0.5, 0.6) is 0 Å². The van der Waals surface area contributed by atoms with E-state index in [2.05, 4.69) is 5.92 Å². The third-order valence-corrected chi connectivity index (χ3v) is 5.27. The van der Waals surface area contributed by atoms with Gasteiger partial charge in [-0.2, -0.15) is 5.10 Å². The maximum absolute atomic E-state index is 11.5. The largest absolute Gasteiger partial charge is 0.240 e. The summed E-state index contributed by atoms with van der Waals surface area (Å²) >= 11 is 0. The molecule has 2 heterocycles. The Morgan fingerprint density at radius 1 is 0.926 bits per heavy atom. The number of pyridine rings is 1. The van der Waals surface area contributed by atoms with Crippen LogP contribution in [0.15, 0.2) is 77.8 Å². The Labute approximate surface area is 157 Å². The van der Waals surface area contributed by atoms with Crippen LogP contribution in [0.3, 0.4) is 0 Å². The smallest absolute Gasteiger partial charge is 0.238 e. The number of nitrogens with two attached hydrogens (primary N) is 1. The van der Waals surface area contributed by atoms with E-state index in [4.69, 9.17) is 16.7 Å². The maximum Gasteiger partial charge on any atom is 0.238 e. The number of terminal acetylenes is 1. The van der Waals surface area contributed by atoms with Crippen LogP contribution in [0.1, 0.15) is 5.56 Å². The topological polar surface area (TPSA) is 77.5 Å². The molecule has 0 radical (unpaired) electrons. The molecule has 0 saturated carbocycles. The third kappa shape index (κ3) is 3.10. The summed E-state index contributed by atoms with van der Waals surface area (Å²) in [7, 11) is -3.74. The molecule has 2 aromatic carbocycles. The summed E-state index contributed by atoms with van der Waals surface area (Å²) in [6.45, 7) is 0. The Kier molecular flexibility index (Phi) is 4.04. The lowest BCUT2D eigenvalue weighted by atomic mass is 9.99. The molecule has 0 amide bonds. The molecular weight excluding hydrogens is 358 g/mol. The van der Waals surface area contributed by atoms with Crippen molar-refractivity contribution < 1.29 is 8.42 Å². The summed E-state index contributed by atoms with van der Waals surface area (Å²) in [6.07, 6.45) is 7.31. The Morgan fingerprint density at radius 3 is 2.22 bits per heavy atom. The van der Waals surface area contributed by atoms with E-state index in [-0.39, 0.29) is 4.90 Å². The van der Waals surface area contributed by atoms with Gasteiger partial charge in [0, 0.05) is 22.9 Å². The number of benzene rings is 2. The van der Waals surface area contributed by atoms with Gasteiger partial charge in [-0.1, -0.05) is 36.3 Å². The first kappa shape index (κ1) is 17.0. The molecule has 6 heteroatoms. The van der Waals surface area contributed by atoms with E-state index in [0.29, 0.717) is 0 Å². The second-order valence-electron chi connectivity index (χ2n) is 6.05. The number of sulfonamides is 1. The van der Waals surface area contributed by atoms with Crippen LogP contribution >= 0.6 is 0 Å². The van der Waals surface area contributed by atoms with Gasteiger partial charge in [0.2, 0.25) is 10.0 Å². The van der Waals surface area contributed by atoms with Crippen molar-refractivity contribution in [3.8, 4) is 34.7 Å². The summed E-state index contributed by atoms with van der Waals surface area (Å²) in [6, 6.07) is 19.9. The maximum atomic E-state index is 11.5. The lowest BCUT2D eigenvalue weighted by molar-refractivity contribution is 0.598. The average molecular weight is 373 g/mol. The van der Waals surface area contributed by atoms with E-state index < -0.39 is 10.0 Å². The fourth-order valence-electron chi connectivity index (χ4n) is 3.02. The van der Waals surface area contributed by atoms with Crippen molar-refractivity contribution in [1.82, 2.24) is 9.61 Å². The van der Waals surface area contributed by atoms with Gasteiger partial charge < -0.3 is 0 Å². The van der Waals surface area contributed by atoms with Crippen molar-refractivity contribution in [3.63, 3.8) is 0 Å². The second-order valence-corrected chi connectivity index (χ2v) is 7.61. The van der Waals surface area contributed by atoms with Crippen LogP contribution in [-0.2, 0) is 10.0 Å². The molecule has 0 bridgehead atoms. The van der Waals surface area contributed by atoms with Gasteiger partial charge in [-0.05, 0) is 42.0 Å². The minimum absolute atomic E-state index is 0.0719. The molecule has 5 nitrogen and oxygen atoms in total. The minimum Gasteiger partial charge on any atom is -0.240 e. The summed E-state index contributed by atoms with van der Waals surface area (Å²) in [5.41, 5.74) is 5.17. The predicted octanol–water partition coefficient (Wildman–Crippen LogP) is 3.30. The highest BCUT2D eigenvalue weighted by Gasteiger charge is 2.17. The first-order chi connectivity index (χ1) is 13.0. The van der Waals surface area contributed by atoms with Crippen LogP contribution in [0.2, 0.25) is 0 Å². The Hall–Kier alpha value is -3.40. The molecule has 0 aliphatic heterocycles. The number of rotatable bonds is 3. The van der Waals surface area contributed by atoms with E-state index >= 15 is 0 Å². The lowest BCUT2D eigenvalue weighted by Crippen LogP contribution is -2.11. The number of aromatic nitrogens is 2. The predicted molar refractivity (Wildman–Crippen MR) is 105 cm³/mol. The van der Waals surface area contributed by atoms with Gasteiger partial charge in [0.15, 0.2) is 0 Å². The SMILES string of the molecule is C#Cc1ccc(-c2nn3ccccc3c2-c2ccc(S(N)(=O)=O)cc2)cc1. The van der Waals surface area contributed by atoms with Gasteiger partial charge in [-0.25, -0.2) is 18.1 Å². The van der Waals surface area contributed by atoms with Crippen molar-refractivity contribution in [1.29, 1.82) is 0 Å². The van der Waals surface area contributed by atoms with E-state index in [0.717, 1.165) is 33.5 Å². The van der Waals surface area contributed by atoms with Gasteiger partial charge in [0.25, 0.3) is 0 Å². The Morgan fingerprint density at radius 2 is 1.59 bits per heavy atom. The van der Waals surface area contributed by atoms with Gasteiger partial charge in [-0.15, -0.1) is 6.42 Å². The van der Waals surface area contributed by atoms with E-state index in [1.165, 1.54) is 12.1 Å². The summed E-state index contributed by atoms with van der Waals surface area (Å²) in [5, 5.41) is 9.91. The minimum atomic E-state index is -3.74. The summed E-state index contributed by atoms with van der Waals surface area (Å²) < 4.78 is 24.9. The van der Waals surface area contributed by atoms with Gasteiger partial charge in [0.1, 0.15) is 5.69 Å². The van der Waals surface area contributed by atoms with Crippen LogP contribution < -0.4 is 5.14 Å². The molecule has 0 unspecified atom stereocenters. The van der Waals surface area contributed by atoms with Crippen molar-refractivity contribution in [2.24, 2.45) is 5.14 Å². The Balaban J connectivity index is 1.94. The molecular formula is C21H15N3O2S. The molecule has 0 saturated heterocycles. The van der Waals surface area contributed by atoms with E-state index in [9.17, 15) is 8.42 Å².